The van der Waals surface area contributed by atoms with Crippen LogP contribution in [0.5, 0.6) is 0 Å². The second-order valence-electron chi connectivity index (χ2n) is 4.52. The van der Waals surface area contributed by atoms with E-state index in [0.717, 1.165) is 6.54 Å². The second kappa shape index (κ2) is 2.99. The van der Waals surface area contributed by atoms with Crippen molar-refractivity contribution in [3.8, 4) is 0 Å². The Hall–Kier alpha value is -1.02. The molecular formula is C12H16N2. The molecule has 3 rings (SSSR count). The van der Waals surface area contributed by atoms with Crippen molar-refractivity contribution in [2.24, 2.45) is 0 Å². The zero-order valence-corrected chi connectivity index (χ0v) is 8.34. The van der Waals surface area contributed by atoms with Gasteiger partial charge in [0.2, 0.25) is 0 Å². The second-order valence-corrected chi connectivity index (χ2v) is 4.52. The number of para-hydroxylation sites is 1. The van der Waals surface area contributed by atoms with Gasteiger partial charge in [-0.15, -0.1) is 0 Å². The summed E-state index contributed by atoms with van der Waals surface area (Å²) in [5, 5.41) is 7.18. The third kappa shape index (κ3) is 1.22. The Morgan fingerprint density at radius 1 is 1.21 bits per heavy atom. The zero-order valence-electron chi connectivity index (χ0n) is 8.34. The van der Waals surface area contributed by atoms with Gasteiger partial charge in [-0.1, -0.05) is 18.2 Å². The van der Waals surface area contributed by atoms with E-state index in [-0.39, 0.29) is 0 Å². The molecule has 2 aliphatic heterocycles. The Balaban J connectivity index is 1.89. The summed E-state index contributed by atoms with van der Waals surface area (Å²) in [6.45, 7) is 2.29. The van der Waals surface area contributed by atoms with E-state index in [1.165, 1.54) is 37.1 Å². The summed E-state index contributed by atoms with van der Waals surface area (Å²) in [5.41, 5.74) is 3.15. The molecule has 1 aromatic carbocycles. The van der Waals surface area contributed by atoms with Crippen LogP contribution in [0.15, 0.2) is 24.3 Å². The fourth-order valence-electron chi connectivity index (χ4n) is 2.72. The number of rotatable bonds is 0. The van der Waals surface area contributed by atoms with Crippen LogP contribution in [-0.2, 0) is 6.42 Å². The van der Waals surface area contributed by atoms with Gasteiger partial charge in [-0.05, 0) is 37.4 Å². The standard InChI is InChI=1S/C12H16N2/c1-2-5-11-10(4-1)8-12(14-11)6-3-7-13-9-12/h1-2,4-5,13-14H,3,6-9H2. The van der Waals surface area contributed by atoms with E-state index in [2.05, 4.69) is 34.9 Å². The molecule has 74 valence electrons. The summed E-state index contributed by atoms with van der Waals surface area (Å²) in [5.74, 6) is 0. The molecule has 14 heavy (non-hydrogen) atoms. The van der Waals surface area contributed by atoms with Crippen LogP contribution in [0.25, 0.3) is 0 Å². The first kappa shape index (κ1) is 8.30. The molecule has 1 atom stereocenters. The number of benzene rings is 1. The minimum atomic E-state index is 0.321. The molecule has 0 radical (unpaired) electrons. The number of hydrogen-bond acceptors (Lipinski definition) is 2. The molecule has 0 saturated carbocycles. The summed E-state index contributed by atoms with van der Waals surface area (Å²) in [6, 6.07) is 8.68. The van der Waals surface area contributed by atoms with Gasteiger partial charge in [-0.2, -0.15) is 0 Å². The maximum Gasteiger partial charge on any atom is 0.0539 e. The third-order valence-corrected chi connectivity index (χ3v) is 3.42. The molecule has 1 saturated heterocycles. The van der Waals surface area contributed by atoms with Crippen molar-refractivity contribution in [1.29, 1.82) is 0 Å². The van der Waals surface area contributed by atoms with E-state index in [1.807, 2.05) is 0 Å². The summed E-state index contributed by atoms with van der Waals surface area (Å²) in [4.78, 5) is 0. The lowest BCUT2D eigenvalue weighted by Crippen LogP contribution is -2.50. The van der Waals surface area contributed by atoms with E-state index in [1.54, 1.807) is 0 Å². The van der Waals surface area contributed by atoms with Gasteiger partial charge >= 0.3 is 0 Å². The minimum Gasteiger partial charge on any atom is -0.378 e. The average molecular weight is 188 g/mol. The molecule has 0 bridgehead atoms. The molecule has 1 aromatic rings. The van der Waals surface area contributed by atoms with Crippen LogP contribution in [0.2, 0.25) is 0 Å². The Bertz CT molecular complexity index is 313. The summed E-state index contributed by atoms with van der Waals surface area (Å²) in [6.07, 6.45) is 3.78. The van der Waals surface area contributed by atoms with Crippen LogP contribution in [0.3, 0.4) is 0 Å². The van der Waals surface area contributed by atoms with Crippen LogP contribution < -0.4 is 10.6 Å². The minimum absolute atomic E-state index is 0.321. The smallest absolute Gasteiger partial charge is 0.0539 e. The monoisotopic (exact) mass is 188 g/mol. The number of piperidine rings is 1. The summed E-state index contributed by atoms with van der Waals surface area (Å²) in [7, 11) is 0. The molecule has 1 unspecified atom stereocenters. The largest absolute Gasteiger partial charge is 0.378 e. The van der Waals surface area contributed by atoms with Crippen LogP contribution >= 0.6 is 0 Å². The number of nitrogens with one attached hydrogen (secondary N) is 2. The van der Waals surface area contributed by atoms with Gasteiger partial charge in [0.1, 0.15) is 0 Å². The molecule has 2 heterocycles. The lowest BCUT2D eigenvalue weighted by atomic mass is 9.87. The average Bonchev–Trinajstić information content (AvgIpc) is 2.56. The van der Waals surface area contributed by atoms with E-state index < -0.39 is 0 Å². The quantitative estimate of drug-likeness (QED) is 0.648. The van der Waals surface area contributed by atoms with Gasteiger partial charge in [0.05, 0.1) is 5.54 Å². The van der Waals surface area contributed by atoms with Crippen molar-refractivity contribution >= 4 is 5.69 Å². The highest BCUT2D eigenvalue weighted by atomic mass is 15.1. The van der Waals surface area contributed by atoms with Crippen molar-refractivity contribution < 1.29 is 0 Å². The highest BCUT2D eigenvalue weighted by Gasteiger charge is 2.37. The Labute approximate surface area is 84.7 Å². The lowest BCUT2D eigenvalue weighted by molar-refractivity contribution is 0.352. The first-order chi connectivity index (χ1) is 6.88. The SMILES string of the molecule is c1ccc2c(c1)CC1(CCCNC1)N2. The fraction of sp³-hybridized carbons (Fsp3) is 0.500. The Morgan fingerprint density at radius 2 is 2.14 bits per heavy atom. The molecule has 0 aromatic heterocycles. The Kier molecular flexibility index (Phi) is 1.77. The highest BCUT2D eigenvalue weighted by molar-refractivity contribution is 5.59. The van der Waals surface area contributed by atoms with Crippen LogP contribution in [0.1, 0.15) is 18.4 Å². The van der Waals surface area contributed by atoms with E-state index in [4.69, 9.17) is 0 Å². The first-order valence-corrected chi connectivity index (χ1v) is 5.45. The van der Waals surface area contributed by atoms with E-state index in [0.29, 0.717) is 5.54 Å². The van der Waals surface area contributed by atoms with Crippen molar-refractivity contribution in [2.45, 2.75) is 24.8 Å². The first-order valence-electron chi connectivity index (χ1n) is 5.45. The number of hydrogen-bond donors (Lipinski definition) is 2. The fourth-order valence-corrected chi connectivity index (χ4v) is 2.72. The van der Waals surface area contributed by atoms with Crippen molar-refractivity contribution in [3.05, 3.63) is 29.8 Å². The van der Waals surface area contributed by atoms with Gasteiger partial charge in [0, 0.05) is 12.2 Å². The van der Waals surface area contributed by atoms with Crippen LogP contribution in [-0.4, -0.2) is 18.6 Å². The summed E-state index contributed by atoms with van der Waals surface area (Å²) < 4.78 is 0. The molecular weight excluding hydrogens is 172 g/mol. The number of anilines is 1. The van der Waals surface area contributed by atoms with Crippen LogP contribution in [0.4, 0.5) is 5.69 Å². The molecule has 0 aliphatic carbocycles. The molecule has 2 N–H and O–H groups in total. The van der Waals surface area contributed by atoms with Crippen LogP contribution in [0, 0.1) is 0 Å². The van der Waals surface area contributed by atoms with E-state index >= 15 is 0 Å². The Morgan fingerprint density at radius 3 is 2.93 bits per heavy atom. The highest BCUT2D eigenvalue weighted by Crippen LogP contribution is 2.35. The van der Waals surface area contributed by atoms with Gasteiger partial charge in [-0.25, -0.2) is 0 Å². The van der Waals surface area contributed by atoms with Gasteiger partial charge < -0.3 is 10.6 Å². The van der Waals surface area contributed by atoms with Crippen molar-refractivity contribution in [1.82, 2.24) is 5.32 Å². The molecule has 1 fully saturated rings. The number of fused-ring (bicyclic) bond motifs is 1. The summed E-state index contributed by atoms with van der Waals surface area (Å²) >= 11 is 0. The molecule has 2 nitrogen and oxygen atoms in total. The lowest BCUT2D eigenvalue weighted by Gasteiger charge is -2.34. The molecule has 1 spiro atoms. The maximum absolute atomic E-state index is 3.69. The van der Waals surface area contributed by atoms with Crippen molar-refractivity contribution in [3.63, 3.8) is 0 Å². The van der Waals surface area contributed by atoms with Gasteiger partial charge in [0.15, 0.2) is 0 Å². The van der Waals surface area contributed by atoms with E-state index in [9.17, 15) is 0 Å². The third-order valence-electron chi connectivity index (χ3n) is 3.42. The van der Waals surface area contributed by atoms with Gasteiger partial charge in [-0.3, -0.25) is 0 Å². The van der Waals surface area contributed by atoms with Crippen molar-refractivity contribution in [2.75, 3.05) is 18.4 Å². The normalized spacial score (nSPS) is 30.0. The molecule has 2 aliphatic rings. The maximum atomic E-state index is 3.69. The predicted octanol–water partition coefficient (Wildman–Crippen LogP) is 1.78. The topological polar surface area (TPSA) is 24.1 Å². The molecule has 2 heteroatoms. The van der Waals surface area contributed by atoms with Gasteiger partial charge in [0.25, 0.3) is 0 Å². The molecule has 0 amide bonds. The zero-order chi connectivity index (χ0) is 9.43. The predicted molar refractivity (Wildman–Crippen MR) is 58.6 cm³/mol.